The maximum atomic E-state index is 10.4. The van der Waals surface area contributed by atoms with Crippen molar-refractivity contribution < 1.29 is 20.4 Å². The quantitative estimate of drug-likeness (QED) is 0.632. The van der Waals surface area contributed by atoms with Crippen LogP contribution >= 0.6 is 0 Å². The molecule has 0 heterocycles. The first kappa shape index (κ1) is 18.8. The Labute approximate surface area is 150 Å². The Balaban J connectivity index is 1.85. The Morgan fingerprint density at radius 3 is 2.64 bits per heavy atom. The molecule has 3 fully saturated rings. The third kappa shape index (κ3) is 3.63. The lowest BCUT2D eigenvalue weighted by molar-refractivity contribution is -0.0366. The fourth-order valence-corrected chi connectivity index (χ4v) is 5.50. The number of rotatable bonds is 3. The molecule has 3 aliphatic rings. The van der Waals surface area contributed by atoms with Gasteiger partial charge in [0, 0.05) is 0 Å². The van der Waals surface area contributed by atoms with E-state index in [1.165, 1.54) is 5.57 Å². The van der Waals surface area contributed by atoms with E-state index in [1.807, 2.05) is 0 Å². The van der Waals surface area contributed by atoms with Crippen LogP contribution in [0.25, 0.3) is 0 Å². The summed E-state index contributed by atoms with van der Waals surface area (Å²) in [4.78, 5) is 0. The monoisotopic (exact) mass is 348 g/mol. The molecule has 4 nitrogen and oxygen atoms in total. The second-order valence-corrected chi connectivity index (χ2v) is 8.49. The highest BCUT2D eigenvalue weighted by Crippen LogP contribution is 2.58. The zero-order valence-corrected chi connectivity index (χ0v) is 15.2. The van der Waals surface area contributed by atoms with Gasteiger partial charge in [0.2, 0.25) is 0 Å². The Kier molecular flexibility index (Phi) is 5.54. The molecule has 0 aromatic heterocycles. The minimum Gasteiger partial charge on any atom is -0.394 e. The molecule has 3 saturated carbocycles. The van der Waals surface area contributed by atoms with Crippen LogP contribution in [0.3, 0.4) is 0 Å². The van der Waals surface area contributed by atoms with E-state index in [1.54, 1.807) is 0 Å². The summed E-state index contributed by atoms with van der Waals surface area (Å²) >= 11 is 0. The summed E-state index contributed by atoms with van der Waals surface area (Å²) in [6.45, 7) is 6.05. The van der Waals surface area contributed by atoms with Crippen molar-refractivity contribution in [3.63, 3.8) is 0 Å². The normalized spacial score (nSPS) is 43.5. The second-order valence-electron chi connectivity index (χ2n) is 8.49. The molecule has 0 aromatic rings. The van der Waals surface area contributed by atoms with Crippen molar-refractivity contribution in [2.24, 2.45) is 17.3 Å². The van der Waals surface area contributed by atoms with Crippen LogP contribution in [0.5, 0.6) is 0 Å². The van der Waals surface area contributed by atoms with E-state index >= 15 is 0 Å². The molecule has 0 aromatic carbocycles. The summed E-state index contributed by atoms with van der Waals surface area (Å²) in [5.74, 6) is 0.362. The summed E-state index contributed by atoms with van der Waals surface area (Å²) in [6.07, 6.45) is 8.29. The highest BCUT2D eigenvalue weighted by molar-refractivity contribution is 5.36. The molecule has 0 radical (unpaired) electrons. The number of aliphatic hydroxyl groups is 4. The molecule has 0 bridgehead atoms. The lowest BCUT2D eigenvalue weighted by Crippen LogP contribution is -2.43. The van der Waals surface area contributed by atoms with Gasteiger partial charge in [-0.1, -0.05) is 36.8 Å². The van der Waals surface area contributed by atoms with Crippen molar-refractivity contribution in [3.05, 3.63) is 35.5 Å². The highest BCUT2D eigenvalue weighted by atomic mass is 16.3. The molecule has 6 atom stereocenters. The topological polar surface area (TPSA) is 80.9 Å². The minimum absolute atomic E-state index is 0.0278. The van der Waals surface area contributed by atoms with Crippen LogP contribution in [0.15, 0.2) is 35.5 Å². The summed E-state index contributed by atoms with van der Waals surface area (Å²) in [5, 5.41) is 39.9. The summed E-state index contributed by atoms with van der Waals surface area (Å²) in [6, 6.07) is 0. The van der Waals surface area contributed by atoms with Gasteiger partial charge in [-0.2, -0.15) is 0 Å². The van der Waals surface area contributed by atoms with E-state index in [4.69, 9.17) is 0 Å². The second kappa shape index (κ2) is 7.36. The number of fused-ring (bicyclic) bond motifs is 1. The van der Waals surface area contributed by atoms with Gasteiger partial charge in [-0.3, -0.25) is 0 Å². The molecule has 0 saturated heterocycles. The van der Waals surface area contributed by atoms with Crippen molar-refractivity contribution in [3.8, 4) is 0 Å². The summed E-state index contributed by atoms with van der Waals surface area (Å²) in [5.41, 5.74) is 3.27. The SMILES string of the molecule is C=C1CC[C@H](O)C/C1=C/C=C1\C[C@@H](O)C[C@]2(C)[C@@H]([C@@H](O)CO)CC[C@@H]12. The largest absolute Gasteiger partial charge is 0.394 e. The van der Waals surface area contributed by atoms with Crippen molar-refractivity contribution in [2.75, 3.05) is 6.61 Å². The van der Waals surface area contributed by atoms with E-state index in [0.29, 0.717) is 25.2 Å². The zero-order chi connectivity index (χ0) is 18.2. The van der Waals surface area contributed by atoms with Crippen molar-refractivity contribution in [1.29, 1.82) is 0 Å². The molecule has 0 aliphatic heterocycles. The average molecular weight is 348 g/mol. The van der Waals surface area contributed by atoms with E-state index in [0.717, 1.165) is 36.8 Å². The Morgan fingerprint density at radius 1 is 1.16 bits per heavy atom. The van der Waals surface area contributed by atoms with Crippen LogP contribution in [-0.2, 0) is 0 Å². The van der Waals surface area contributed by atoms with Gasteiger partial charge in [-0.05, 0) is 67.8 Å². The standard InChI is InChI=1S/C21H32O4/c1-13-3-6-16(23)9-14(13)4-5-15-10-17(24)11-21(2)18(15)7-8-19(21)20(25)12-22/h4-5,16-20,22-25H,1,3,6-12H2,2H3/b14-4-,15-5+/t16-,17+,18-,19+,20-,21-/m0/s1. The van der Waals surface area contributed by atoms with Crippen LogP contribution in [-0.4, -0.2) is 45.3 Å². The Hall–Kier alpha value is -0.940. The Morgan fingerprint density at radius 2 is 1.92 bits per heavy atom. The maximum Gasteiger partial charge on any atom is 0.0804 e. The third-order valence-electron chi connectivity index (χ3n) is 6.84. The van der Waals surface area contributed by atoms with Gasteiger partial charge in [0.05, 0.1) is 24.9 Å². The molecule has 0 unspecified atom stereocenters. The molecular formula is C21H32O4. The van der Waals surface area contributed by atoms with Crippen molar-refractivity contribution in [2.45, 2.75) is 70.2 Å². The predicted molar refractivity (Wildman–Crippen MR) is 97.8 cm³/mol. The molecule has 25 heavy (non-hydrogen) atoms. The first-order valence-electron chi connectivity index (χ1n) is 9.58. The van der Waals surface area contributed by atoms with Crippen LogP contribution in [0.4, 0.5) is 0 Å². The summed E-state index contributed by atoms with van der Waals surface area (Å²) < 4.78 is 0. The number of hydrogen-bond donors (Lipinski definition) is 4. The number of hydrogen-bond acceptors (Lipinski definition) is 4. The molecule has 3 aliphatic carbocycles. The molecule has 0 spiro atoms. The lowest BCUT2D eigenvalue weighted by atomic mass is 9.61. The lowest BCUT2D eigenvalue weighted by Gasteiger charge is -2.45. The molecule has 4 heteroatoms. The van der Waals surface area contributed by atoms with E-state index in [9.17, 15) is 20.4 Å². The van der Waals surface area contributed by atoms with Gasteiger partial charge in [0.15, 0.2) is 0 Å². The van der Waals surface area contributed by atoms with Gasteiger partial charge in [0.25, 0.3) is 0 Å². The van der Waals surface area contributed by atoms with Crippen LogP contribution in [0.2, 0.25) is 0 Å². The maximum absolute atomic E-state index is 10.4. The van der Waals surface area contributed by atoms with Gasteiger partial charge >= 0.3 is 0 Å². The summed E-state index contributed by atoms with van der Waals surface area (Å²) in [7, 11) is 0. The van der Waals surface area contributed by atoms with Crippen molar-refractivity contribution >= 4 is 0 Å². The van der Waals surface area contributed by atoms with Crippen LogP contribution in [0.1, 0.15) is 51.9 Å². The average Bonchev–Trinajstić information content (AvgIpc) is 2.91. The Bertz CT molecular complexity index is 578. The van der Waals surface area contributed by atoms with E-state index < -0.39 is 12.2 Å². The predicted octanol–water partition coefficient (Wildman–Crippen LogP) is 2.48. The fourth-order valence-electron chi connectivity index (χ4n) is 5.50. The molecule has 4 N–H and O–H groups in total. The van der Waals surface area contributed by atoms with E-state index in [-0.39, 0.29) is 24.0 Å². The van der Waals surface area contributed by atoms with Gasteiger partial charge < -0.3 is 20.4 Å². The highest BCUT2D eigenvalue weighted by Gasteiger charge is 2.53. The number of aliphatic hydroxyl groups excluding tert-OH is 4. The molecule has 0 amide bonds. The first-order chi connectivity index (χ1) is 11.8. The fraction of sp³-hybridized carbons (Fsp3) is 0.714. The number of allylic oxidation sites excluding steroid dienone is 3. The first-order valence-corrected chi connectivity index (χ1v) is 9.58. The van der Waals surface area contributed by atoms with Gasteiger partial charge in [-0.15, -0.1) is 0 Å². The smallest absolute Gasteiger partial charge is 0.0804 e. The van der Waals surface area contributed by atoms with Gasteiger partial charge in [-0.25, -0.2) is 0 Å². The van der Waals surface area contributed by atoms with Crippen molar-refractivity contribution in [1.82, 2.24) is 0 Å². The van der Waals surface area contributed by atoms with E-state index in [2.05, 4.69) is 25.7 Å². The molecule has 140 valence electrons. The zero-order valence-electron chi connectivity index (χ0n) is 15.2. The minimum atomic E-state index is -0.715. The molecule has 3 rings (SSSR count). The van der Waals surface area contributed by atoms with Crippen LogP contribution in [0, 0.1) is 17.3 Å². The van der Waals surface area contributed by atoms with Gasteiger partial charge in [0.1, 0.15) is 0 Å². The third-order valence-corrected chi connectivity index (χ3v) is 6.84. The van der Waals surface area contributed by atoms with Crippen LogP contribution < -0.4 is 0 Å². The molecular weight excluding hydrogens is 316 g/mol.